The lowest BCUT2D eigenvalue weighted by atomic mass is 10.4. The molecule has 0 saturated heterocycles. The van der Waals surface area contributed by atoms with Gasteiger partial charge in [-0.1, -0.05) is 0 Å². The van der Waals surface area contributed by atoms with E-state index < -0.39 is 0 Å². The van der Waals surface area contributed by atoms with Crippen LogP contribution in [0.4, 0.5) is 0 Å². The number of nitrogens with two attached hydrogens (primary N) is 1. The molecule has 0 amide bonds. The topological polar surface area (TPSA) is 68.8 Å². The van der Waals surface area contributed by atoms with Gasteiger partial charge in [-0.3, -0.25) is 0 Å². The van der Waals surface area contributed by atoms with Crippen molar-refractivity contribution in [3.63, 3.8) is 0 Å². The highest BCUT2D eigenvalue weighted by Gasteiger charge is 2.05. The molecule has 1 aromatic rings. The third-order valence-electron chi connectivity index (χ3n) is 1.50. The average molecular weight is 220 g/mol. The van der Waals surface area contributed by atoms with Gasteiger partial charge in [-0.05, 0) is 17.1 Å². The average Bonchev–Trinajstić information content (AvgIpc) is 2.46. The first kappa shape index (κ1) is 12.2. The van der Waals surface area contributed by atoms with Crippen LogP contribution in [0.2, 0.25) is 0 Å². The maximum Gasteiger partial charge on any atom is 0.348 e. The summed E-state index contributed by atoms with van der Waals surface area (Å²) < 4.78 is 0. The van der Waals surface area contributed by atoms with Crippen molar-refractivity contribution in [2.45, 2.75) is 6.54 Å². The Hall–Kier alpha value is -0.840. The van der Waals surface area contributed by atoms with Crippen LogP contribution in [-0.4, -0.2) is 9.97 Å². The summed E-state index contributed by atoms with van der Waals surface area (Å²) in [6.07, 6.45) is 5.47. The van der Waals surface area contributed by atoms with Crippen molar-refractivity contribution < 1.29 is 12.4 Å². The van der Waals surface area contributed by atoms with E-state index in [1.165, 1.54) is 0 Å². The maximum absolute atomic E-state index is 5.39. The molecule has 6 heteroatoms. The second kappa shape index (κ2) is 5.01. The third kappa shape index (κ3) is 2.30. The van der Waals surface area contributed by atoms with Gasteiger partial charge in [0.2, 0.25) is 5.82 Å². The van der Waals surface area contributed by atoms with Gasteiger partial charge < -0.3 is 18.1 Å². The first-order valence-corrected chi connectivity index (χ1v) is 3.40. The van der Waals surface area contributed by atoms with E-state index in [9.17, 15) is 0 Å². The predicted octanol–water partition coefficient (Wildman–Crippen LogP) is -4.44. The third-order valence-corrected chi connectivity index (χ3v) is 1.50. The van der Waals surface area contributed by atoms with Crippen molar-refractivity contribution in [3.05, 3.63) is 28.9 Å². The van der Waals surface area contributed by atoms with E-state index in [0.29, 0.717) is 6.54 Å². The van der Waals surface area contributed by atoms with Crippen molar-refractivity contribution in [3.8, 4) is 0 Å². The molecule has 0 bridgehead atoms. The van der Waals surface area contributed by atoms with E-state index in [-0.39, 0.29) is 24.8 Å². The molecule has 71 valence electrons. The number of aromatic amines is 1. The number of fused-ring (bicyclic) bond motifs is 1. The quantitative estimate of drug-likeness (QED) is 0.501. The highest BCUT2D eigenvalue weighted by molar-refractivity contribution is 5.85. The van der Waals surface area contributed by atoms with E-state index in [1.54, 1.807) is 6.20 Å². The number of rotatable bonds is 1. The summed E-state index contributed by atoms with van der Waals surface area (Å²) in [5.74, 6) is 0.777. The fourth-order valence-corrected chi connectivity index (χ4v) is 0.990. The van der Waals surface area contributed by atoms with Crippen LogP contribution in [0.1, 0.15) is 5.82 Å². The zero-order valence-electron chi connectivity index (χ0n) is 6.70. The van der Waals surface area contributed by atoms with Crippen LogP contribution in [0.5, 0.6) is 0 Å². The molecular weight excluding hydrogens is 211 g/mol. The van der Waals surface area contributed by atoms with Crippen molar-refractivity contribution in [2.75, 3.05) is 0 Å². The number of allylic oxidation sites excluding steroid dienone is 1. The molecule has 0 unspecified atom stereocenters. The fourth-order valence-electron chi connectivity index (χ4n) is 0.990. The Morgan fingerprint density at radius 3 is 2.92 bits per heavy atom. The monoisotopic (exact) mass is 219 g/mol. The van der Waals surface area contributed by atoms with E-state index in [0.717, 1.165) is 16.7 Å². The molecule has 1 aromatic heterocycles. The summed E-state index contributed by atoms with van der Waals surface area (Å²) in [6, 6.07) is 0. The van der Waals surface area contributed by atoms with Crippen LogP contribution < -0.4 is 34.0 Å². The van der Waals surface area contributed by atoms with Crippen LogP contribution in [0.15, 0.2) is 12.3 Å². The van der Waals surface area contributed by atoms with Gasteiger partial charge in [-0.25, -0.2) is 9.97 Å². The molecule has 3 N–H and O–H groups in total. The molecule has 2 rings (SSSR count). The Balaban J connectivity index is 0.000000720. The Morgan fingerprint density at radius 1 is 1.54 bits per heavy atom. The SMILES string of the molecule is Cl.NCc1nc2c([nH]1)=[N+]C=CC=2.[Cl-]. The Labute approximate surface area is 87.5 Å². The summed E-state index contributed by atoms with van der Waals surface area (Å²) in [7, 11) is 0. The number of imidazole rings is 1. The minimum Gasteiger partial charge on any atom is -1.00 e. The standard InChI is InChI=1S/C7H8N4.2ClH/c8-4-6-10-5-2-1-3-9-7(5)11-6;;/h1-3H,4,8H2,(H,10,11);2*1H/q+1;;/p-1. The number of nitrogens with zero attached hydrogens (tertiary/aromatic N) is 2. The van der Waals surface area contributed by atoms with Gasteiger partial charge in [-0.2, -0.15) is 0 Å². The molecule has 2 heterocycles. The second-order valence-electron chi connectivity index (χ2n) is 2.26. The van der Waals surface area contributed by atoms with E-state index in [2.05, 4.69) is 15.0 Å². The van der Waals surface area contributed by atoms with E-state index in [4.69, 9.17) is 5.73 Å². The Morgan fingerprint density at radius 2 is 2.31 bits per heavy atom. The zero-order valence-corrected chi connectivity index (χ0v) is 8.27. The first-order chi connectivity index (χ1) is 5.40. The molecule has 0 atom stereocenters. The lowest BCUT2D eigenvalue weighted by Crippen LogP contribution is -3.00. The van der Waals surface area contributed by atoms with Crippen LogP contribution in [-0.2, 0) is 6.54 Å². The largest absolute Gasteiger partial charge is 1.00 e. The summed E-state index contributed by atoms with van der Waals surface area (Å²) in [5.41, 5.74) is 6.19. The molecule has 13 heavy (non-hydrogen) atoms. The van der Waals surface area contributed by atoms with Gasteiger partial charge in [0.15, 0.2) is 5.35 Å². The van der Waals surface area contributed by atoms with Gasteiger partial charge in [-0.15, -0.1) is 12.4 Å². The number of aromatic nitrogens is 2. The molecule has 0 saturated carbocycles. The molecule has 0 spiro atoms. The molecule has 4 nitrogen and oxygen atoms in total. The molecule has 1 radical (unpaired) electrons. The molecule has 0 aliphatic carbocycles. The van der Waals surface area contributed by atoms with E-state index in [1.807, 2.05) is 12.2 Å². The highest BCUT2D eigenvalue weighted by atomic mass is 35.5. The number of hydrogen-bond donors (Lipinski definition) is 2. The lowest BCUT2D eigenvalue weighted by molar-refractivity contribution is -0.00000270. The van der Waals surface area contributed by atoms with Crippen molar-refractivity contribution in [2.24, 2.45) is 5.73 Å². The smallest absolute Gasteiger partial charge is 0.348 e. The van der Waals surface area contributed by atoms with Gasteiger partial charge in [0.05, 0.1) is 6.54 Å². The summed E-state index contributed by atoms with van der Waals surface area (Å²) >= 11 is 0. The molecule has 0 fully saturated rings. The van der Waals surface area contributed by atoms with Gasteiger partial charge in [0, 0.05) is 0 Å². The molecule has 1 aliphatic heterocycles. The molecular formula is C7H9Cl2N4. The Bertz CT molecular complexity index is 371. The predicted molar refractivity (Wildman–Crippen MR) is 47.8 cm³/mol. The van der Waals surface area contributed by atoms with Crippen molar-refractivity contribution in [1.29, 1.82) is 0 Å². The number of halogens is 2. The number of hydrogen-bond acceptors (Lipinski definition) is 3. The minimum atomic E-state index is 0. The summed E-state index contributed by atoms with van der Waals surface area (Å²) in [5, 5.41) is 0.868. The van der Waals surface area contributed by atoms with Gasteiger partial charge in [0.25, 0.3) is 0 Å². The summed E-state index contributed by atoms with van der Waals surface area (Å²) in [6.45, 7) is 0.427. The van der Waals surface area contributed by atoms with Gasteiger partial charge >= 0.3 is 5.49 Å². The highest BCUT2D eigenvalue weighted by Crippen LogP contribution is 1.77. The Kier molecular flexibility index (Phi) is 4.69. The van der Waals surface area contributed by atoms with Crippen molar-refractivity contribution in [1.82, 2.24) is 15.0 Å². The number of nitrogens with one attached hydrogen (secondary N) is 1. The fraction of sp³-hybridized carbons (Fsp3) is 0.143. The summed E-state index contributed by atoms with van der Waals surface area (Å²) in [4.78, 5) is 11.3. The van der Waals surface area contributed by atoms with E-state index >= 15 is 0 Å². The van der Waals surface area contributed by atoms with Crippen molar-refractivity contribution >= 4 is 18.5 Å². The zero-order chi connectivity index (χ0) is 7.68. The first-order valence-electron chi connectivity index (χ1n) is 3.40. The molecule has 0 aromatic carbocycles. The van der Waals surface area contributed by atoms with Crippen LogP contribution in [0.25, 0.3) is 6.08 Å². The molecule has 1 aliphatic rings. The second-order valence-corrected chi connectivity index (χ2v) is 2.26. The van der Waals surface area contributed by atoms with Crippen LogP contribution in [0.3, 0.4) is 0 Å². The minimum absolute atomic E-state index is 0. The van der Waals surface area contributed by atoms with Gasteiger partial charge in [0.1, 0.15) is 6.20 Å². The van der Waals surface area contributed by atoms with Crippen LogP contribution in [0, 0.1) is 0 Å². The normalized spacial score (nSPS) is 11.5. The number of H-pyrrole nitrogens is 1. The van der Waals surface area contributed by atoms with Crippen LogP contribution >= 0.6 is 12.4 Å². The maximum atomic E-state index is 5.39. The lowest BCUT2D eigenvalue weighted by Gasteiger charge is -1.75.